The van der Waals surface area contributed by atoms with Crippen molar-refractivity contribution in [1.82, 2.24) is 10.6 Å². The van der Waals surface area contributed by atoms with E-state index in [2.05, 4.69) is 16.0 Å². The standard InChI is InChI=1S/C14H18Cl3N3O2S/c1-3-11(21)19-12(14(15,16)17)20-13(23)18-9-5-7-10(8-6-9)22-4-2/h5-8,12H,3-4H2,1-2H3,(H,19,21)(H2,18,20,23). The molecule has 0 heterocycles. The normalized spacial score (nSPS) is 12.2. The molecule has 9 heteroatoms. The quantitative estimate of drug-likeness (QED) is 0.388. The fraction of sp³-hybridized carbons (Fsp3) is 0.429. The number of amides is 1. The second kappa shape index (κ2) is 9.37. The lowest BCUT2D eigenvalue weighted by Crippen LogP contribution is -2.56. The van der Waals surface area contributed by atoms with E-state index in [0.29, 0.717) is 6.61 Å². The van der Waals surface area contributed by atoms with Gasteiger partial charge in [-0.1, -0.05) is 41.7 Å². The van der Waals surface area contributed by atoms with Crippen molar-refractivity contribution in [1.29, 1.82) is 0 Å². The van der Waals surface area contributed by atoms with Gasteiger partial charge in [0, 0.05) is 12.1 Å². The van der Waals surface area contributed by atoms with Gasteiger partial charge >= 0.3 is 0 Å². The molecule has 3 N–H and O–H groups in total. The number of anilines is 1. The molecule has 23 heavy (non-hydrogen) atoms. The molecule has 0 aliphatic carbocycles. The summed E-state index contributed by atoms with van der Waals surface area (Å²) >= 11 is 22.7. The summed E-state index contributed by atoms with van der Waals surface area (Å²) in [4.78, 5) is 11.5. The Labute approximate surface area is 156 Å². The average Bonchev–Trinajstić information content (AvgIpc) is 2.47. The third-order valence-corrected chi connectivity index (χ3v) is 3.53. The highest BCUT2D eigenvalue weighted by Crippen LogP contribution is 2.29. The van der Waals surface area contributed by atoms with Crippen molar-refractivity contribution in [3.05, 3.63) is 24.3 Å². The Hall–Kier alpha value is -0.950. The zero-order valence-corrected chi connectivity index (χ0v) is 15.7. The van der Waals surface area contributed by atoms with Crippen LogP contribution < -0.4 is 20.7 Å². The van der Waals surface area contributed by atoms with E-state index >= 15 is 0 Å². The fourth-order valence-electron chi connectivity index (χ4n) is 1.56. The lowest BCUT2D eigenvalue weighted by molar-refractivity contribution is -0.121. The molecule has 0 spiro atoms. The van der Waals surface area contributed by atoms with Crippen LogP contribution in [0.1, 0.15) is 20.3 Å². The number of alkyl halides is 3. The number of hydrogen-bond acceptors (Lipinski definition) is 3. The van der Waals surface area contributed by atoms with Crippen molar-refractivity contribution in [2.75, 3.05) is 11.9 Å². The van der Waals surface area contributed by atoms with E-state index in [1.165, 1.54) is 0 Å². The molecular weight excluding hydrogens is 381 g/mol. The molecule has 1 amide bonds. The molecule has 1 unspecified atom stereocenters. The van der Waals surface area contributed by atoms with Gasteiger partial charge in [-0.2, -0.15) is 0 Å². The predicted molar refractivity (Wildman–Crippen MR) is 99.5 cm³/mol. The number of rotatable bonds is 6. The van der Waals surface area contributed by atoms with E-state index in [1.54, 1.807) is 31.2 Å². The molecule has 1 rings (SSSR count). The van der Waals surface area contributed by atoms with E-state index < -0.39 is 9.96 Å². The molecule has 0 fully saturated rings. The second-order valence-electron chi connectivity index (χ2n) is 4.45. The number of halogens is 3. The molecule has 0 aromatic heterocycles. The van der Waals surface area contributed by atoms with Gasteiger partial charge in [0.25, 0.3) is 0 Å². The Kier molecular flexibility index (Phi) is 8.19. The van der Waals surface area contributed by atoms with E-state index in [0.717, 1.165) is 11.4 Å². The Morgan fingerprint density at radius 3 is 2.30 bits per heavy atom. The van der Waals surface area contributed by atoms with Crippen LogP contribution >= 0.6 is 47.0 Å². The van der Waals surface area contributed by atoms with Crippen LogP contribution in [0.5, 0.6) is 5.75 Å². The maximum atomic E-state index is 11.5. The van der Waals surface area contributed by atoms with Crippen LogP contribution in [0.3, 0.4) is 0 Å². The predicted octanol–water partition coefficient (Wildman–Crippen LogP) is 3.59. The minimum absolute atomic E-state index is 0.210. The molecule has 0 bridgehead atoms. The van der Waals surface area contributed by atoms with Crippen molar-refractivity contribution in [3.8, 4) is 5.75 Å². The molecule has 5 nitrogen and oxygen atoms in total. The third kappa shape index (κ3) is 7.44. The lowest BCUT2D eigenvalue weighted by atomic mass is 10.3. The van der Waals surface area contributed by atoms with E-state index in [4.69, 9.17) is 51.8 Å². The van der Waals surface area contributed by atoms with Gasteiger partial charge < -0.3 is 20.7 Å². The molecular formula is C14H18Cl3N3O2S. The Morgan fingerprint density at radius 2 is 1.83 bits per heavy atom. The van der Waals surface area contributed by atoms with Crippen molar-refractivity contribution in [2.24, 2.45) is 0 Å². The van der Waals surface area contributed by atoms with E-state index in [9.17, 15) is 4.79 Å². The van der Waals surface area contributed by atoms with Gasteiger partial charge in [-0.15, -0.1) is 0 Å². The monoisotopic (exact) mass is 397 g/mol. The summed E-state index contributed by atoms with van der Waals surface area (Å²) in [6.07, 6.45) is -0.694. The molecule has 128 valence electrons. The number of benzene rings is 1. The number of ether oxygens (including phenoxy) is 1. The summed E-state index contributed by atoms with van der Waals surface area (Å²) in [6, 6.07) is 7.21. The van der Waals surface area contributed by atoms with Crippen LogP contribution in [0.4, 0.5) is 5.69 Å². The first-order chi connectivity index (χ1) is 10.8. The van der Waals surface area contributed by atoms with Gasteiger partial charge in [-0.05, 0) is 43.4 Å². The summed E-state index contributed by atoms with van der Waals surface area (Å²) in [7, 11) is 0. The minimum Gasteiger partial charge on any atom is -0.494 e. The SMILES string of the molecule is CCOc1ccc(NC(=S)NC(NC(=O)CC)C(Cl)(Cl)Cl)cc1. The van der Waals surface area contributed by atoms with Crippen LogP contribution in [0, 0.1) is 0 Å². The van der Waals surface area contributed by atoms with Crippen molar-refractivity contribution in [3.63, 3.8) is 0 Å². The van der Waals surface area contributed by atoms with Crippen molar-refractivity contribution < 1.29 is 9.53 Å². The van der Waals surface area contributed by atoms with Crippen LogP contribution in [0.2, 0.25) is 0 Å². The third-order valence-electron chi connectivity index (χ3n) is 2.65. The Balaban J connectivity index is 2.66. The van der Waals surface area contributed by atoms with Crippen LogP contribution in [0.15, 0.2) is 24.3 Å². The van der Waals surface area contributed by atoms with Gasteiger partial charge in [0.15, 0.2) is 5.11 Å². The largest absolute Gasteiger partial charge is 0.494 e. The van der Waals surface area contributed by atoms with Crippen molar-refractivity contribution in [2.45, 2.75) is 30.2 Å². The molecule has 1 aromatic carbocycles. The van der Waals surface area contributed by atoms with Gasteiger partial charge in [0.05, 0.1) is 6.61 Å². The number of hydrogen-bond donors (Lipinski definition) is 3. The minimum atomic E-state index is -1.75. The molecule has 1 atom stereocenters. The molecule has 0 saturated heterocycles. The van der Waals surface area contributed by atoms with Crippen molar-refractivity contribution >= 4 is 63.7 Å². The highest BCUT2D eigenvalue weighted by atomic mass is 35.6. The Morgan fingerprint density at radius 1 is 1.22 bits per heavy atom. The molecule has 0 saturated carbocycles. The fourth-order valence-corrected chi connectivity index (χ4v) is 2.13. The zero-order valence-electron chi connectivity index (χ0n) is 12.7. The first-order valence-corrected chi connectivity index (χ1v) is 8.47. The summed E-state index contributed by atoms with van der Waals surface area (Å²) in [5.41, 5.74) is 0.732. The maximum Gasteiger partial charge on any atom is 0.228 e. The summed E-state index contributed by atoms with van der Waals surface area (Å²) < 4.78 is 3.60. The zero-order chi connectivity index (χ0) is 17.5. The summed E-state index contributed by atoms with van der Waals surface area (Å²) in [5.74, 6) is 0.490. The molecule has 1 aromatic rings. The second-order valence-corrected chi connectivity index (χ2v) is 7.23. The van der Waals surface area contributed by atoms with Crippen LogP contribution in [0.25, 0.3) is 0 Å². The number of carbonyl (C=O) groups is 1. The summed E-state index contributed by atoms with van der Waals surface area (Å²) in [6.45, 7) is 4.20. The van der Waals surface area contributed by atoms with Gasteiger partial charge in [-0.3, -0.25) is 4.79 Å². The average molecular weight is 399 g/mol. The van der Waals surface area contributed by atoms with Crippen LogP contribution in [-0.4, -0.2) is 27.6 Å². The molecule has 0 radical (unpaired) electrons. The highest BCUT2D eigenvalue weighted by molar-refractivity contribution is 7.80. The first kappa shape index (κ1) is 20.1. The van der Waals surface area contributed by atoms with E-state index in [-0.39, 0.29) is 17.4 Å². The van der Waals surface area contributed by atoms with Gasteiger partial charge in [0.1, 0.15) is 11.9 Å². The first-order valence-electron chi connectivity index (χ1n) is 6.92. The number of thiocarbonyl (C=S) groups is 1. The van der Waals surface area contributed by atoms with E-state index in [1.807, 2.05) is 6.92 Å². The molecule has 0 aliphatic rings. The number of carbonyl (C=O) groups excluding carboxylic acids is 1. The Bertz CT molecular complexity index is 535. The van der Waals surface area contributed by atoms with Crippen LogP contribution in [-0.2, 0) is 4.79 Å². The lowest BCUT2D eigenvalue weighted by Gasteiger charge is -2.27. The highest BCUT2D eigenvalue weighted by Gasteiger charge is 2.34. The molecule has 0 aliphatic heterocycles. The smallest absolute Gasteiger partial charge is 0.228 e. The maximum absolute atomic E-state index is 11.5. The topological polar surface area (TPSA) is 62.4 Å². The van der Waals surface area contributed by atoms with Gasteiger partial charge in [0.2, 0.25) is 9.70 Å². The van der Waals surface area contributed by atoms with Gasteiger partial charge in [-0.25, -0.2) is 0 Å². The number of nitrogens with one attached hydrogen (secondary N) is 3. The summed E-state index contributed by atoms with van der Waals surface area (Å²) in [5, 5.41) is 8.48.